The van der Waals surface area contributed by atoms with Gasteiger partial charge in [0.05, 0.1) is 11.4 Å². The number of rotatable bonds is 3. The van der Waals surface area contributed by atoms with E-state index in [-0.39, 0.29) is 12.4 Å². The van der Waals surface area contributed by atoms with Crippen molar-refractivity contribution in [1.29, 1.82) is 0 Å². The van der Waals surface area contributed by atoms with Crippen LogP contribution in [0.1, 0.15) is 12.6 Å². The van der Waals surface area contributed by atoms with Gasteiger partial charge >= 0.3 is 0 Å². The summed E-state index contributed by atoms with van der Waals surface area (Å²) in [5, 5.41) is 6.62. The molecule has 0 radical (unpaired) electrons. The van der Waals surface area contributed by atoms with Crippen LogP contribution in [0.5, 0.6) is 0 Å². The highest BCUT2D eigenvalue weighted by Gasteiger charge is 2.16. The lowest BCUT2D eigenvalue weighted by Gasteiger charge is -2.31. The third-order valence-electron chi connectivity index (χ3n) is 3.27. The van der Waals surface area contributed by atoms with Crippen LogP contribution in [0.15, 0.2) is 29.8 Å². The van der Waals surface area contributed by atoms with Crippen LogP contribution in [-0.2, 0) is 6.54 Å². The lowest BCUT2D eigenvalue weighted by molar-refractivity contribution is 0.198. The smallest absolute Gasteiger partial charge is 0.142 e. The molecule has 0 saturated carbocycles. The first-order chi connectivity index (χ1) is 9.31. The van der Waals surface area contributed by atoms with E-state index in [0.717, 1.165) is 42.6 Å². The molecule has 0 bridgehead atoms. The molecule has 1 N–H and O–H groups in total. The largest absolute Gasteiger partial charge is 0.312 e. The summed E-state index contributed by atoms with van der Waals surface area (Å²) in [4.78, 5) is 11.5. The number of halogens is 1. The van der Waals surface area contributed by atoms with Gasteiger partial charge in [-0.2, -0.15) is 0 Å². The van der Waals surface area contributed by atoms with Crippen molar-refractivity contribution in [3.63, 3.8) is 0 Å². The number of nitrogens with one attached hydrogen (secondary N) is 1. The molecule has 2 aromatic heterocycles. The molecule has 2 aromatic rings. The van der Waals surface area contributed by atoms with Gasteiger partial charge in [-0.05, 0) is 19.1 Å². The maximum Gasteiger partial charge on any atom is 0.142 e. The van der Waals surface area contributed by atoms with E-state index in [9.17, 15) is 0 Å². The van der Waals surface area contributed by atoms with E-state index in [4.69, 9.17) is 4.98 Å². The summed E-state index contributed by atoms with van der Waals surface area (Å²) < 4.78 is 0. The van der Waals surface area contributed by atoms with Gasteiger partial charge in [-0.15, -0.1) is 23.7 Å². The maximum atomic E-state index is 4.69. The van der Waals surface area contributed by atoms with Gasteiger partial charge in [0, 0.05) is 43.8 Å². The minimum atomic E-state index is 0. The van der Waals surface area contributed by atoms with E-state index < -0.39 is 0 Å². The molecule has 1 atom stereocenters. The Morgan fingerprint density at radius 2 is 2.35 bits per heavy atom. The van der Waals surface area contributed by atoms with E-state index >= 15 is 0 Å². The van der Waals surface area contributed by atoms with Gasteiger partial charge in [0.1, 0.15) is 5.01 Å². The molecular weight excluding hydrogens is 292 g/mol. The van der Waals surface area contributed by atoms with Crippen LogP contribution in [-0.4, -0.2) is 40.5 Å². The number of aromatic nitrogens is 2. The summed E-state index contributed by atoms with van der Waals surface area (Å²) in [6.07, 6.45) is 1.81. The first kappa shape index (κ1) is 15.4. The van der Waals surface area contributed by atoms with Crippen molar-refractivity contribution in [3.8, 4) is 10.7 Å². The minimum Gasteiger partial charge on any atom is -0.312 e. The van der Waals surface area contributed by atoms with Crippen molar-refractivity contribution in [3.05, 3.63) is 35.5 Å². The number of hydrogen-bond acceptors (Lipinski definition) is 5. The first-order valence-corrected chi connectivity index (χ1v) is 7.51. The zero-order valence-electron chi connectivity index (χ0n) is 11.5. The molecule has 3 heterocycles. The Kier molecular flexibility index (Phi) is 5.48. The molecule has 4 nitrogen and oxygen atoms in total. The molecule has 0 aromatic carbocycles. The monoisotopic (exact) mass is 310 g/mol. The molecule has 0 unspecified atom stereocenters. The zero-order chi connectivity index (χ0) is 13.1. The molecule has 1 aliphatic rings. The third kappa shape index (κ3) is 3.76. The van der Waals surface area contributed by atoms with Gasteiger partial charge in [-0.25, -0.2) is 4.98 Å². The summed E-state index contributed by atoms with van der Waals surface area (Å²) in [6, 6.07) is 6.51. The lowest BCUT2D eigenvalue weighted by atomic mass is 10.2. The van der Waals surface area contributed by atoms with Crippen LogP contribution in [0.25, 0.3) is 10.7 Å². The molecule has 1 aliphatic heterocycles. The SMILES string of the molecule is C[C@@H]1CN(Cc2csc(-c3ccccn3)n2)CCN1.Cl. The summed E-state index contributed by atoms with van der Waals surface area (Å²) in [5.74, 6) is 0. The highest BCUT2D eigenvalue weighted by Crippen LogP contribution is 2.22. The number of piperazine rings is 1. The molecule has 1 saturated heterocycles. The fraction of sp³-hybridized carbons (Fsp3) is 0.429. The standard InChI is InChI=1S/C14H18N4S.ClH/c1-11-8-18(7-6-15-11)9-12-10-19-14(17-12)13-4-2-3-5-16-13;/h2-5,10-11,15H,6-9H2,1H3;1H/t11-;/m1./s1. The van der Waals surface area contributed by atoms with Gasteiger partial charge in [0.2, 0.25) is 0 Å². The van der Waals surface area contributed by atoms with Crippen molar-refractivity contribution in [2.24, 2.45) is 0 Å². The van der Waals surface area contributed by atoms with E-state index in [2.05, 4.69) is 27.5 Å². The van der Waals surface area contributed by atoms with Crippen molar-refractivity contribution >= 4 is 23.7 Å². The first-order valence-electron chi connectivity index (χ1n) is 6.63. The van der Waals surface area contributed by atoms with Crippen molar-refractivity contribution in [2.75, 3.05) is 19.6 Å². The van der Waals surface area contributed by atoms with Crippen LogP contribution in [0.2, 0.25) is 0 Å². The summed E-state index contributed by atoms with van der Waals surface area (Å²) in [5.41, 5.74) is 2.12. The normalized spacial score (nSPS) is 19.6. The summed E-state index contributed by atoms with van der Waals surface area (Å²) >= 11 is 1.68. The van der Waals surface area contributed by atoms with Crippen molar-refractivity contribution in [1.82, 2.24) is 20.2 Å². The Bertz CT molecular complexity index is 531. The molecule has 0 amide bonds. The quantitative estimate of drug-likeness (QED) is 0.945. The highest BCUT2D eigenvalue weighted by atomic mass is 35.5. The molecule has 0 aliphatic carbocycles. The number of pyridine rings is 1. The third-order valence-corrected chi connectivity index (χ3v) is 4.19. The molecule has 108 valence electrons. The number of nitrogens with zero attached hydrogens (tertiary/aromatic N) is 3. The molecule has 0 spiro atoms. The average molecular weight is 311 g/mol. The Morgan fingerprint density at radius 1 is 1.45 bits per heavy atom. The average Bonchev–Trinajstić information content (AvgIpc) is 2.88. The van der Waals surface area contributed by atoms with Crippen molar-refractivity contribution < 1.29 is 0 Å². The molecule has 1 fully saturated rings. The number of hydrogen-bond donors (Lipinski definition) is 1. The Labute approximate surface area is 129 Å². The van der Waals surface area contributed by atoms with Crippen LogP contribution in [0.3, 0.4) is 0 Å². The predicted octanol–water partition coefficient (Wildman–Crippen LogP) is 2.42. The summed E-state index contributed by atoms with van der Waals surface area (Å²) in [6.45, 7) is 6.43. The van der Waals surface area contributed by atoms with Crippen LogP contribution in [0, 0.1) is 0 Å². The van der Waals surface area contributed by atoms with Crippen LogP contribution < -0.4 is 5.32 Å². The molecular formula is C14H19ClN4S. The Hall–Kier alpha value is -1.01. The van der Waals surface area contributed by atoms with Gasteiger partial charge in [-0.3, -0.25) is 9.88 Å². The highest BCUT2D eigenvalue weighted by molar-refractivity contribution is 7.13. The second kappa shape index (κ2) is 7.13. The van der Waals surface area contributed by atoms with Gasteiger partial charge in [0.15, 0.2) is 0 Å². The fourth-order valence-corrected chi connectivity index (χ4v) is 3.16. The van der Waals surface area contributed by atoms with E-state index in [1.54, 1.807) is 11.3 Å². The topological polar surface area (TPSA) is 41.1 Å². The van der Waals surface area contributed by atoms with Gasteiger partial charge < -0.3 is 5.32 Å². The zero-order valence-corrected chi connectivity index (χ0v) is 13.1. The molecule has 6 heteroatoms. The van der Waals surface area contributed by atoms with Crippen molar-refractivity contribution in [2.45, 2.75) is 19.5 Å². The van der Waals surface area contributed by atoms with Crippen LogP contribution in [0.4, 0.5) is 0 Å². The molecule has 3 rings (SSSR count). The van der Waals surface area contributed by atoms with Crippen LogP contribution >= 0.6 is 23.7 Å². The van der Waals surface area contributed by atoms with Gasteiger partial charge in [0.25, 0.3) is 0 Å². The maximum absolute atomic E-state index is 4.69. The second-order valence-electron chi connectivity index (χ2n) is 4.95. The van der Waals surface area contributed by atoms with E-state index in [1.807, 2.05) is 24.4 Å². The Balaban J connectivity index is 0.00000147. The van der Waals surface area contributed by atoms with E-state index in [1.165, 1.54) is 0 Å². The minimum absolute atomic E-state index is 0. The number of thiazole rings is 1. The van der Waals surface area contributed by atoms with E-state index in [0.29, 0.717) is 6.04 Å². The second-order valence-corrected chi connectivity index (χ2v) is 5.81. The Morgan fingerprint density at radius 3 is 3.10 bits per heavy atom. The predicted molar refractivity (Wildman–Crippen MR) is 85.3 cm³/mol. The fourth-order valence-electron chi connectivity index (χ4n) is 2.37. The van der Waals surface area contributed by atoms with Gasteiger partial charge in [-0.1, -0.05) is 6.07 Å². The lowest BCUT2D eigenvalue weighted by Crippen LogP contribution is -2.48. The summed E-state index contributed by atoms with van der Waals surface area (Å²) in [7, 11) is 0. The molecule has 20 heavy (non-hydrogen) atoms.